The van der Waals surface area contributed by atoms with E-state index in [1.807, 2.05) is 11.8 Å². The quantitative estimate of drug-likeness (QED) is 0.774. The van der Waals surface area contributed by atoms with Crippen molar-refractivity contribution >= 4 is 16.9 Å². The normalized spacial score (nSPS) is 31.4. The molecule has 0 spiro atoms. The highest BCUT2D eigenvalue weighted by Gasteiger charge is 2.29. The Kier molecular flexibility index (Phi) is 5.20. The third-order valence-electron chi connectivity index (χ3n) is 3.85. The number of thioether (sulfide) groups is 1. The molecule has 0 bridgehead atoms. The van der Waals surface area contributed by atoms with E-state index in [0.717, 1.165) is 24.4 Å². The van der Waals surface area contributed by atoms with E-state index < -0.39 is 0 Å². The van der Waals surface area contributed by atoms with Gasteiger partial charge in [-0.2, -0.15) is 0 Å². The minimum Gasteiger partial charge on any atom is -0.362 e. The molecule has 0 aromatic heterocycles. The smallest absolute Gasteiger partial charge is 0.156 e. The zero-order valence-corrected chi connectivity index (χ0v) is 12.1. The van der Waals surface area contributed by atoms with E-state index >= 15 is 0 Å². The van der Waals surface area contributed by atoms with Crippen molar-refractivity contribution in [2.45, 2.75) is 58.4 Å². The summed E-state index contributed by atoms with van der Waals surface area (Å²) >= 11 is 1.95. The molecule has 0 amide bonds. The Morgan fingerprint density at radius 1 is 1.35 bits per heavy atom. The van der Waals surface area contributed by atoms with Crippen LogP contribution in [0.4, 0.5) is 0 Å². The maximum absolute atomic E-state index is 4.71. The molecule has 2 fully saturated rings. The summed E-state index contributed by atoms with van der Waals surface area (Å²) in [6, 6.07) is 0.730. The topological polar surface area (TPSA) is 24.4 Å². The van der Waals surface area contributed by atoms with E-state index in [0.29, 0.717) is 0 Å². The van der Waals surface area contributed by atoms with Gasteiger partial charge < -0.3 is 5.32 Å². The predicted molar refractivity (Wildman–Crippen MR) is 77.7 cm³/mol. The fourth-order valence-corrected chi connectivity index (χ4v) is 3.94. The highest BCUT2D eigenvalue weighted by atomic mass is 32.2. The summed E-state index contributed by atoms with van der Waals surface area (Å²) in [6.45, 7) is 5.58. The Morgan fingerprint density at radius 2 is 2.18 bits per heavy atom. The lowest BCUT2D eigenvalue weighted by molar-refractivity contribution is 0.311. The summed E-state index contributed by atoms with van der Waals surface area (Å²) in [5.41, 5.74) is 0. The Morgan fingerprint density at radius 3 is 3.00 bits per heavy atom. The van der Waals surface area contributed by atoms with Crippen molar-refractivity contribution in [3.05, 3.63) is 0 Å². The SMILES string of the molecule is CC(C)CCCN=C1NC2CCCCC2CS1. The second kappa shape index (κ2) is 6.67. The van der Waals surface area contributed by atoms with Gasteiger partial charge in [-0.1, -0.05) is 38.5 Å². The van der Waals surface area contributed by atoms with Gasteiger partial charge in [0, 0.05) is 18.3 Å². The molecule has 2 unspecified atom stereocenters. The second-order valence-corrected chi connectivity index (χ2v) is 6.84. The van der Waals surface area contributed by atoms with Crippen LogP contribution in [0.2, 0.25) is 0 Å². The first kappa shape index (κ1) is 13.3. The van der Waals surface area contributed by atoms with Crippen molar-refractivity contribution in [1.29, 1.82) is 0 Å². The van der Waals surface area contributed by atoms with Gasteiger partial charge in [0.2, 0.25) is 0 Å². The molecule has 0 radical (unpaired) electrons. The van der Waals surface area contributed by atoms with Crippen LogP contribution in [0.3, 0.4) is 0 Å². The van der Waals surface area contributed by atoms with Crippen molar-refractivity contribution in [1.82, 2.24) is 5.32 Å². The number of nitrogens with zero attached hydrogens (tertiary/aromatic N) is 1. The van der Waals surface area contributed by atoms with E-state index in [2.05, 4.69) is 19.2 Å². The lowest BCUT2D eigenvalue weighted by Gasteiger charge is -2.36. The average molecular weight is 254 g/mol. The largest absolute Gasteiger partial charge is 0.362 e. The van der Waals surface area contributed by atoms with E-state index in [-0.39, 0.29) is 0 Å². The summed E-state index contributed by atoms with van der Waals surface area (Å²) in [6.07, 6.45) is 8.15. The molecule has 0 aromatic rings. The van der Waals surface area contributed by atoms with Crippen LogP contribution < -0.4 is 5.32 Å². The first-order valence-electron chi connectivity index (χ1n) is 7.19. The van der Waals surface area contributed by atoms with Crippen LogP contribution in [0.1, 0.15) is 52.4 Å². The Balaban J connectivity index is 1.73. The third-order valence-corrected chi connectivity index (χ3v) is 4.96. The Hall–Kier alpha value is -0.180. The first-order valence-corrected chi connectivity index (χ1v) is 8.18. The molecule has 3 heteroatoms. The lowest BCUT2D eigenvalue weighted by atomic mass is 9.86. The minimum atomic E-state index is 0.730. The minimum absolute atomic E-state index is 0.730. The van der Waals surface area contributed by atoms with Gasteiger partial charge in [-0.15, -0.1) is 0 Å². The number of fused-ring (bicyclic) bond motifs is 1. The molecule has 1 aliphatic carbocycles. The van der Waals surface area contributed by atoms with Gasteiger partial charge in [0.15, 0.2) is 5.17 Å². The molecular formula is C14H26N2S. The lowest BCUT2D eigenvalue weighted by Crippen LogP contribution is -2.46. The fraction of sp³-hybridized carbons (Fsp3) is 0.929. The number of nitrogens with one attached hydrogen (secondary N) is 1. The monoisotopic (exact) mass is 254 g/mol. The fourth-order valence-electron chi connectivity index (χ4n) is 2.75. The zero-order chi connectivity index (χ0) is 12.1. The van der Waals surface area contributed by atoms with E-state index in [4.69, 9.17) is 4.99 Å². The molecule has 2 atom stereocenters. The number of amidine groups is 1. The second-order valence-electron chi connectivity index (χ2n) is 5.83. The molecular weight excluding hydrogens is 228 g/mol. The summed E-state index contributed by atoms with van der Waals surface area (Å²) in [5, 5.41) is 4.88. The number of aliphatic imine (C=N–C) groups is 1. The van der Waals surface area contributed by atoms with E-state index in [1.54, 1.807) is 0 Å². The average Bonchev–Trinajstić information content (AvgIpc) is 2.34. The molecule has 2 nitrogen and oxygen atoms in total. The summed E-state index contributed by atoms with van der Waals surface area (Å²) in [4.78, 5) is 4.71. The molecule has 0 aromatic carbocycles. The van der Waals surface area contributed by atoms with Crippen molar-refractivity contribution < 1.29 is 0 Å². The van der Waals surface area contributed by atoms with Crippen molar-refractivity contribution in [3.8, 4) is 0 Å². The molecule has 1 saturated carbocycles. The number of hydrogen-bond acceptors (Lipinski definition) is 2. The van der Waals surface area contributed by atoms with Gasteiger partial charge in [-0.25, -0.2) is 0 Å². The molecule has 17 heavy (non-hydrogen) atoms. The summed E-state index contributed by atoms with van der Waals surface area (Å²) in [5.74, 6) is 3.01. The Bertz CT molecular complexity index is 263. The van der Waals surface area contributed by atoms with Crippen LogP contribution in [0.25, 0.3) is 0 Å². The standard InChI is InChI=1S/C14H26N2S/c1-11(2)6-5-9-15-14-16-13-8-4-3-7-12(13)10-17-14/h11-13H,3-10H2,1-2H3,(H,15,16). The molecule has 1 N–H and O–H groups in total. The summed E-state index contributed by atoms with van der Waals surface area (Å²) in [7, 11) is 0. The van der Waals surface area contributed by atoms with Crippen LogP contribution >= 0.6 is 11.8 Å². The van der Waals surface area contributed by atoms with Crippen molar-refractivity contribution in [2.24, 2.45) is 16.8 Å². The van der Waals surface area contributed by atoms with Gasteiger partial charge in [0.1, 0.15) is 0 Å². The molecule has 1 aliphatic heterocycles. The van der Waals surface area contributed by atoms with E-state index in [1.165, 1.54) is 49.4 Å². The highest BCUT2D eigenvalue weighted by molar-refractivity contribution is 8.13. The molecule has 1 heterocycles. The number of hydrogen-bond donors (Lipinski definition) is 1. The summed E-state index contributed by atoms with van der Waals surface area (Å²) < 4.78 is 0. The number of rotatable bonds is 4. The van der Waals surface area contributed by atoms with Gasteiger partial charge in [0.05, 0.1) is 0 Å². The molecule has 2 aliphatic rings. The van der Waals surface area contributed by atoms with Gasteiger partial charge in [-0.05, 0) is 37.5 Å². The Labute approximate surface area is 110 Å². The van der Waals surface area contributed by atoms with Crippen LogP contribution in [0.15, 0.2) is 4.99 Å². The first-order chi connectivity index (χ1) is 8.25. The third kappa shape index (κ3) is 4.20. The molecule has 2 rings (SSSR count). The van der Waals surface area contributed by atoms with Crippen molar-refractivity contribution in [2.75, 3.05) is 12.3 Å². The van der Waals surface area contributed by atoms with E-state index in [9.17, 15) is 0 Å². The van der Waals surface area contributed by atoms with Crippen LogP contribution in [0, 0.1) is 11.8 Å². The van der Waals surface area contributed by atoms with Gasteiger partial charge in [0.25, 0.3) is 0 Å². The van der Waals surface area contributed by atoms with Crippen LogP contribution in [-0.4, -0.2) is 23.5 Å². The van der Waals surface area contributed by atoms with Crippen LogP contribution in [-0.2, 0) is 0 Å². The zero-order valence-electron chi connectivity index (χ0n) is 11.2. The van der Waals surface area contributed by atoms with Gasteiger partial charge >= 0.3 is 0 Å². The predicted octanol–water partition coefficient (Wildman–Crippen LogP) is 3.67. The molecule has 98 valence electrons. The van der Waals surface area contributed by atoms with Gasteiger partial charge in [-0.3, -0.25) is 4.99 Å². The maximum Gasteiger partial charge on any atom is 0.156 e. The molecule has 1 saturated heterocycles. The van der Waals surface area contributed by atoms with Crippen LogP contribution in [0.5, 0.6) is 0 Å². The highest BCUT2D eigenvalue weighted by Crippen LogP contribution is 2.31. The van der Waals surface area contributed by atoms with Crippen molar-refractivity contribution in [3.63, 3.8) is 0 Å². The maximum atomic E-state index is 4.71.